The third-order valence-electron chi connectivity index (χ3n) is 4.44. The molecule has 0 spiro atoms. The Morgan fingerprint density at radius 3 is 2.36 bits per heavy atom. The van der Waals surface area contributed by atoms with Crippen molar-refractivity contribution in [2.45, 2.75) is 37.1 Å². The normalized spacial score (nSPS) is 19.6. The first kappa shape index (κ1) is 17.6. The molecule has 1 aliphatic rings. The van der Waals surface area contributed by atoms with Gasteiger partial charge < -0.3 is 0 Å². The van der Waals surface area contributed by atoms with E-state index in [0.717, 1.165) is 30.4 Å². The first-order valence-corrected chi connectivity index (χ1v) is 9.64. The lowest BCUT2D eigenvalue weighted by molar-refractivity contribution is -0.384. The van der Waals surface area contributed by atoms with Gasteiger partial charge in [-0.3, -0.25) is 10.1 Å². The Labute approximate surface area is 147 Å². The highest BCUT2D eigenvalue weighted by atomic mass is 32.2. The second-order valence-corrected chi connectivity index (χ2v) is 8.25. The predicted molar refractivity (Wildman–Crippen MR) is 94.9 cm³/mol. The van der Waals surface area contributed by atoms with Crippen molar-refractivity contribution < 1.29 is 13.3 Å². The molecule has 0 amide bonds. The summed E-state index contributed by atoms with van der Waals surface area (Å²) in [6, 6.07) is 13.5. The van der Waals surface area contributed by atoms with Crippen LogP contribution in [0.25, 0.3) is 0 Å². The minimum absolute atomic E-state index is 0.0596. The zero-order valence-corrected chi connectivity index (χ0v) is 14.8. The molecule has 0 aliphatic carbocycles. The standard InChI is InChI=1S/C18H20N2O4S/c1-14-5-11-18(12-6-14)25(23,24)19-13-17(19)4-2-3-15-7-9-16(10-8-15)20(21)22/h5-12,17H,2-4,13H2,1H3. The fraction of sp³-hybridized carbons (Fsp3) is 0.333. The van der Waals surface area contributed by atoms with Gasteiger partial charge >= 0.3 is 0 Å². The molecule has 1 aliphatic heterocycles. The van der Waals surface area contributed by atoms with Crippen molar-refractivity contribution in [2.24, 2.45) is 0 Å². The van der Waals surface area contributed by atoms with Crippen LogP contribution < -0.4 is 0 Å². The number of rotatable bonds is 7. The second kappa shape index (κ2) is 6.93. The molecule has 25 heavy (non-hydrogen) atoms. The van der Waals surface area contributed by atoms with Gasteiger partial charge in [-0.05, 0) is 43.9 Å². The molecule has 0 aromatic heterocycles. The largest absolute Gasteiger partial charge is 0.269 e. The van der Waals surface area contributed by atoms with Gasteiger partial charge in [0.05, 0.1) is 9.82 Å². The van der Waals surface area contributed by atoms with Crippen LogP contribution in [0.3, 0.4) is 0 Å². The van der Waals surface area contributed by atoms with Gasteiger partial charge in [-0.1, -0.05) is 29.8 Å². The molecule has 2 aromatic carbocycles. The molecular weight excluding hydrogens is 340 g/mol. The van der Waals surface area contributed by atoms with Gasteiger partial charge in [-0.2, -0.15) is 4.31 Å². The number of benzene rings is 2. The number of hydrogen-bond donors (Lipinski definition) is 0. The van der Waals surface area contributed by atoms with Crippen LogP contribution >= 0.6 is 0 Å². The van der Waals surface area contributed by atoms with Crippen LogP contribution in [0.4, 0.5) is 5.69 Å². The van der Waals surface area contributed by atoms with Crippen LogP contribution in [0.15, 0.2) is 53.4 Å². The Morgan fingerprint density at radius 2 is 1.76 bits per heavy atom. The number of nitro groups is 1. The molecule has 2 atom stereocenters. The van der Waals surface area contributed by atoms with E-state index in [2.05, 4.69) is 0 Å². The summed E-state index contributed by atoms with van der Waals surface area (Å²) in [5, 5.41) is 10.6. The lowest BCUT2D eigenvalue weighted by Crippen LogP contribution is -2.14. The molecule has 2 aromatic rings. The molecule has 0 saturated carbocycles. The zero-order valence-electron chi connectivity index (χ0n) is 14.0. The lowest BCUT2D eigenvalue weighted by Gasteiger charge is -2.07. The fourth-order valence-corrected chi connectivity index (χ4v) is 4.48. The Bertz CT molecular complexity index is 861. The van der Waals surface area contributed by atoms with Gasteiger partial charge in [0.25, 0.3) is 5.69 Å². The number of hydrogen-bond acceptors (Lipinski definition) is 4. The van der Waals surface area contributed by atoms with Gasteiger partial charge in [-0.25, -0.2) is 8.42 Å². The minimum Gasteiger partial charge on any atom is -0.258 e. The van der Waals surface area contributed by atoms with E-state index in [1.54, 1.807) is 36.4 Å². The van der Waals surface area contributed by atoms with Gasteiger partial charge in [-0.15, -0.1) is 0 Å². The van der Waals surface area contributed by atoms with Gasteiger partial charge in [0.2, 0.25) is 10.0 Å². The lowest BCUT2D eigenvalue weighted by atomic mass is 10.1. The van der Waals surface area contributed by atoms with Crippen molar-refractivity contribution in [2.75, 3.05) is 6.54 Å². The van der Waals surface area contributed by atoms with Crippen LogP contribution in [-0.2, 0) is 16.4 Å². The molecule has 1 heterocycles. The van der Waals surface area contributed by atoms with E-state index < -0.39 is 14.9 Å². The van der Waals surface area contributed by atoms with Crippen molar-refractivity contribution in [3.8, 4) is 0 Å². The highest BCUT2D eigenvalue weighted by molar-refractivity contribution is 7.89. The van der Waals surface area contributed by atoms with E-state index in [-0.39, 0.29) is 11.7 Å². The van der Waals surface area contributed by atoms with Crippen molar-refractivity contribution in [3.05, 3.63) is 69.8 Å². The van der Waals surface area contributed by atoms with E-state index >= 15 is 0 Å². The highest BCUT2D eigenvalue weighted by Gasteiger charge is 2.43. The quantitative estimate of drug-likeness (QED) is 0.431. The summed E-state index contributed by atoms with van der Waals surface area (Å²) in [4.78, 5) is 10.6. The van der Waals surface area contributed by atoms with E-state index in [1.807, 2.05) is 6.92 Å². The number of sulfonamides is 1. The Morgan fingerprint density at radius 1 is 1.12 bits per heavy atom. The average molecular weight is 360 g/mol. The first-order valence-electron chi connectivity index (χ1n) is 8.20. The maximum atomic E-state index is 12.5. The zero-order chi connectivity index (χ0) is 18.0. The average Bonchev–Trinajstić information content (AvgIpc) is 3.36. The highest BCUT2D eigenvalue weighted by Crippen LogP contribution is 2.31. The first-order chi connectivity index (χ1) is 11.9. The maximum absolute atomic E-state index is 12.5. The second-order valence-electron chi connectivity index (χ2n) is 6.36. The summed E-state index contributed by atoms with van der Waals surface area (Å²) in [5.74, 6) is 0. The van der Waals surface area contributed by atoms with Gasteiger partial charge in [0, 0.05) is 24.7 Å². The molecule has 3 rings (SSSR count). The molecule has 0 bridgehead atoms. The van der Waals surface area contributed by atoms with Crippen molar-refractivity contribution >= 4 is 15.7 Å². The topological polar surface area (TPSA) is 80.3 Å². The van der Waals surface area contributed by atoms with E-state index in [1.165, 1.54) is 16.4 Å². The Kier molecular flexibility index (Phi) is 4.87. The monoisotopic (exact) mass is 360 g/mol. The molecular formula is C18H20N2O4S. The molecule has 0 radical (unpaired) electrons. The Balaban J connectivity index is 1.51. The molecule has 1 fully saturated rings. The minimum atomic E-state index is -3.38. The third-order valence-corrected chi connectivity index (χ3v) is 6.37. The van der Waals surface area contributed by atoms with E-state index in [9.17, 15) is 18.5 Å². The van der Waals surface area contributed by atoms with E-state index in [4.69, 9.17) is 0 Å². The van der Waals surface area contributed by atoms with Crippen molar-refractivity contribution in [1.29, 1.82) is 0 Å². The summed E-state index contributed by atoms with van der Waals surface area (Å²) in [6.07, 6.45) is 2.43. The van der Waals surface area contributed by atoms with E-state index in [0.29, 0.717) is 11.4 Å². The third kappa shape index (κ3) is 4.05. The number of non-ortho nitro benzene ring substituents is 1. The SMILES string of the molecule is Cc1ccc(S(=O)(=O)N2CC2CCCc2ccc([N+](=O)[O-])cc2)cc1. The molecule has 7 heteroatoms. The molecule has 1 saturated heterocycles. The van der Waals surface area contributed by atoms with Crippen LogP contribution in [0.2, 0.25) is 0 Å². The number of aryl methyl sites for hydroxylation is 2. The smallest absolute Gasteiger partial charge is 0.258 e. The summed E-state index contributed by atoms with van der Waals surface area (Å²) in [6.45, 7) is 2.49. The van der Waals surface area contributed by atoms with Crippen LogP contribution in [0.1, 0.15) is 24.0 Å². The van der Waals surface area contributed by atoms with Crippen LogP contribution in [0.5, 0.6) is 0 Å². The van der Waals surface area contributed by atoms with Crippen molar-refractivity contribution in [3.63, 3.8) is 0 Å². The van der Waals surface area contributed by atoms with Crippen molar-refractivity contribution in [1.82, 2.24) is 4.31 Å². The van der Waals surface area contributed by atoms with Gasteiger partial charge in [0.1, 0.15) is 0 Å². The fourth-order valence-electron chi connectivity index (χ4n) is 2.86. The molecule has 0 N–H and O–H groups in total. The van der Waals surface area contributed by atoms with Crippen LogP contribution in [0, 0.1) is 17.0 Å². The molecule has 6 nitrogen and oxygen atoms in total. The van der Waals surface area contributed by atoms with Crippen LogP contribution in [-0.4, -0.2) is 30.2 Å². The van der Waals surface area contributed by atoms with Gasteiger partial charge in [0.15, 0.2) is 0 Å². The number of nitrogens with zero attached hydrogens (tertiary/aromatic N) is 2. The predicted octanol–water partition coefficient (Wildman–Crippen LogP) is 3.30. The summed E-state index contributed by atoms with van der Waals surface area (Å²) >= 11 is 0. The molecule has 132 valence electrons. The maximum Gasteiger partial charge on any atom is 0.269 e. The Hall–Kier alpha value is -2.25. The summed E-state index contributed by atoms with van der Waals surface area (Å²) < 4.78 is 26.6. The number of nitro benzene ring substituents is 1. The molecule has 2 unspecified atom stereocenters. The summed E-state index contributed by atoms with van der Waals surface area (Å²) in [7, 11) is -3.38. The summed E-state index contributed by atoms with van der Waals surface area (Å²) in [5.41, 5.74) is 2.14.